The smallest absolute Gasteiger partial charge is 0.273 e. The lowest BCUT2D eigenvalue weighted by Gasteiger charge is -2.39. The molecule has 5 heteroatoms. The molecule has 1 aromatic rings. The summed E-state index contributed by atoms with van der Waals surface area (Å²) in [6.45, 7) is 7.86. The van der Waals surface area contributed by atoms with E-state index < -0.39 is 0 Å². The summed E-state index contributed by atoms with van der Waals surface area (Å²) in [7, 11) is 0. The molecule has 1 saturated heterocycles. The van der Waals surface area contributed by atoms with Gasteiger partial charge in [0, 0.05) is 30.9 Å². The number of hydrogen-bond acceptors (Lipinski definition) is 4. The number of rotatable bonds is 4. The molecule has 2 atom stereocenters. The molecular formula is C15H25N3OS. The van der Waals surface area contributed by atoms with Gasteiger partial charge >= 0.3 is 0 Å². The van der Waals surface area contributed by atoms with E-state index in [-0.39, 0.29) is 11.9 Å². The minimum Gasteiger partial charge on any atom is -0.333 e. The average molecular weight is 295 g/mol. The molecule has 112 valence electrons. The number of nitrogens with two attached hydrogens (primary N) is 1. The van der Waals surface area contributed by atoms with Gasteiger partial charge in [-0.15, -0.1) is 11.3 Å². The Morgan fingerprint density at radius 3 is 3.00 bits per heavy atom. The maximum atomic E-state index is 12.6. The van der Waals surface area contributed by atoms with Crippen LogP contribution in [0.3, 0.4) is 0 Å². The average Bonchev–Trinajstić information content (AvgIpc) is 2.85. The third-order valence-electron chi connectivity index (χ3n) is 3.97. The minimum atomic E-state index is 0.0539. The molecule has 1 amide bonds. The Kier molecular flexibility index (Phi) is 5.16. The summed E-state index contributed by atoms with van der Waals surface area (Å²) in [5.41, 5.74) is 6.45. The second-order valence-electron chi connectivity index (χ2n) is 6.15. The highest BCUT2D eigenvalue weighted by Gasteiger charge is 2.32. The van der Waals surface area contributed by atoms with Crippen molar-refractivity contribution in [1.29, 1.82) is 0 Å². The minimum absolute atomic E-state index is 0.0539. The Morgan fingerprint density at radius 1 is 1.60 bits per heavy atom. The van der Waals surface area contributed by atoms with Crippen LogP contribution in [0.15, 0.2) is 5.38 Å². The van der Waals surface area contributed by atoms with Crippen LogP contribution in [0.4, 0.5) is 0 Å². The van der Waals surface area contributed by atoms with E-state index in [4.69, 9.17) is 5.73 Å². The lowest BCUT2D eigenvalue weighted by molar-refractivity contribution is 0.0527. The summed E-state index contributed by atoms with van der Waals surface area (Å²) in [5.74, 6) is 1.10. The SMILES string of the molecule is CC(C)Cc1nc(C(=O)N2CCC[C@@H](C)[C@@H]2CN)cs1. The fraction of sp³-hybridized carbons (Fsp3) is 0.733. The summed E-state index contributed by atoms with van der Waals surface area (Å²) >= 11 is 1.59. The van der Waals surface area contributed by atoms with Crippen LogP contribution in [0.25, 0.3) is 0 Å². The van der Waals surface area contributed by atoms with Crippen molar-refractivity contribution in [2.45, 2.75) is 46.1 Å². The molecule has 2 N–H and O–H groups in total. The molecule has 1 fully saturated rings. The topological polar surface area (TPSA) is 59.2 Å². The van der Waals surface area contributed by atoms with Gasteiger partial charge < -0.3 is 10.6 Å². The van der Waals surface area contributed by atoms with E-state index in [1.807, 2.05) is 10.3 Å². The molecule has 2 heterocycles. The van der Waals surface area contributed by atoms with E-state index in [0.717, 1.165) is 30.8 Å². The van der Waals surface area contributed by atoms with E-state index in [2.05, 4.69) is 25.8 Å². The zero-order chi connectivity index (χ0) is 14.7. The lowest BCUT2D eigenvalue weighted by atomic mass is 9.90. The van der Waals surface area contributed by atoms with E-state index >= 15 is 0 Å². The molecule has 1 aliphatic heterocycles. The first-order valence-electron chi connectivity index (χ1n) is 7.48. The van der Waals surface area contributed by atoms with Crippen LogP contribution < -0.4 is 5.73 Å². The second-order valence-corrected chi connectivity index (χ2v) is 7.09. The highest BCUT2D eigenvalue weighted by molar-refractivity contribution is 7.09. The zero-order valence-electron chi connectivity index (χ0n) is 12.6. The first kappa shape index (κ1) is 15.4. The fourth-order valence-corrected chi connectivity index (χ4v) is 3.84. The van der Waals surface area contributed by atoms with Gasteiger partial charge in [0.1, 0.15) is 5.69 Å². The van der Waals surface area contributed by atoms with Crippen molar-refractivity contribution in [2.75, 3.05) is 13.1 Å². The molecule has 20 heavy (non-hydrogen) atoms. The molecule has 0 saturated carbocycles. The van der Waals surface area contributed by atoms with Crippen molar-refractivity contribution < 1.29 is 4.79 Å². The van der Waals surface area contributed by atoms with E-state index in [1.165, 1.54) is 0 Å². The van der Waals surface area contributed by atoms with Crippen LogP contribution in [0.5, 0.6) is 0 Å². The number of hydrogen-bond donors (Lipinski definition) is 1. The van der Waals surface area contributed by atoms with Crippen LogP contribution in [-0.4, -0.2) is 34.9 Å². The maximum absolute atomic E-state index is 12.6. The maximum Gasteiger partial charge on any atom is 0.273 e. The van der Waals surface area contributed by atoms with Gasteiger partial charge in [-0.05, 0) is 24.7 Å². The third-order valence-corrected chi connectivity index (χ3v) is 4.84. The largest absolute Gasteiger partial charge is 0.333 e. The van der Waals surface area contributed by atoms with Gasteiger partial charge in [-0.25, -0.2) is 4.98 Å². The number of aromatic nitrogens is 1. The van der Waals surface area contributed by atoms with Gasteiger partial charge in [-0.3, -0.25) is 4.79 Å². The van der Waals surface area contributed by atoms with Crippen LogP contribution in [-0.2, 0) is 6.42 Å². The van der Waals surface area contributed by atoms with Crippen molar-refractivity contribution in [3.8, 4) is 0 Å². The quantitative estimate of drug-likeness (QED) is 0.928. The van der Waals surface area contributed by atoms with Crippen molar-refractivity contribution in [2.24, 2.45) is 17.6 Å². The Labute approximate surface area is 125 Å². The number of thiazole rings is 1. The van der Waals surface area contributed by atoms with Crippen LogP contribution in [0, 0.1) is 11.8 Å². The standard InChI is InChI=1S/C15H25N3OS/c1-10(2)7-14-17-12(9-20-14)15(19)18-6-4-5-11(3)13(18)8-16/h9-11,13H,4-8,16H2,1-3H3/t11-,13+/m1/s1. The number of nitrogens with zero attached hydrogens (tertiary/aromatic N) is 2. The van der Waals surface area contributed by atoms with Gasteiger partial charge in [0.05, 0.1) is 5.01 Å². The molecule has 0 spiro atoms. The normalized spacial score (nSPS) is 23.4. The molecule has 1 aliphatic rings. The van der Waals surface area contributed by atoms with E-state index in [1.54, 1.807) is 11.3 Å². The molecule has 2 rings (SSSR count). The summed E-state index contributed by atoms with van der Waals surface area (Å²) in [4.78, 5) is 19.1. The molecule has 4 nitrogen and oxygen atoms in total. The molecule has 0 radical (unpaired) electrons. The number of carbonyl (C=O) groups is 1. The third kappa shape index (κ3) is 3.38. The lowest BCUT2D eigenvalue weighted by Crippen LogP contribution is -2.51. The summed E-state index contributed by atoms with van der Waals surface area (Å²) in [6, 6.07) is 0.159. The zero-order valence-corrected chi connectivity index (χ0v) is 13.4. The number of amides is 1. The molecular weight excluding hydrogens is 270 g/mol. The Bertz CT molecular complexity index is 458. The first-order valence-corrected chi connectivity index (χ1v) is 8.36. The van der Waals surface area contributed by atoms with Crippen LogP contribution >= 0.6 is 11.3 Å². The van der Waals surface area contributed by atoms with Gasteiger partial charge in [-0.1, -0.05) is 20.8 Å². The summed E-state index contributed by atoms with van der Waals surface area (Å²) in [5, 5.41) is 2.95. The molecule has 1 aromatic heterocycles. The monoisotopic (exact) mass is 295 g/mol. The van der Waals surface area contributed by atoms with Crippen molar-refractivity contribution >= 4 is 17.2 Å². The molecule has 0 unspecified atom stereocenters. The summed E-state index contributed by atoms with van der Waals surface area (Å²) < 4.78 is 0. The van der Waals surface area contributed by atoms with Gasteiger partial charge in [0.15, 0.2) is 0 Å². The fourth-order valence-electron chi connectivity index (χ4n) is 2.86. The number of likely N-dealkylation sites (tertiary alicyclic amines) is 1. The predicted molar refractivity (Wildman–Crippen MR) is 82.9 cm³/mol. The van der Waals surface area contributed by atoms with Crippen LogP contribution in [0.1, 0.15) is 49.1 Å². The molecule has 0 bridgehead atoms. The van der Waals surface area contributed by atoms with Gasteiger partial charge in [-0.2, -0.15) is 0 Å². The highest BCUT2D eigenvalue weighted by atomic mass is 32.1. The van der Waals surface area contributed by atoms with Gasteiger partial charge in [0.25, 0.3) is 5.91 Å². The number of piperidine rings is 1. The van der Waals surface area contributed by atoms with Crippen LogP contribution in [0.2, 0.25) is 0 Å². The highest BCUT2D eigenvalue weighted by Crippen LogP contribution is 2.25. The van der Waals surface area contributed by atoms with Crippen molar-refractivity contribution in [1.82, 2.24) is 9.88 Å². The van der Waals surface area contributed by atoms with Crippen molar-refractivity contribution in [3.63, 3.8) is 0 Å². The summed E-state index contributed by atoms with van der Waals surface area (Å²) in [6.07, 6.45) is 3.16. The van der Waals surface area contributed by atoms with E-state index in [0.29, 0.717) is 24.1 Å². The van der Waals surface area contributed by atoms with E-state index in [9.17, 15) is 4.79 Å². The Hall–Kier alpha value is -0.940. The molecule has 0 aliphatic carbocycles. The Balaban J connectivity index is 2.11. The number of carbonyl (C=O) groups excluding carboxylic acids is 1. The predicted octanol–water partition coefficient (Wildman–Crippen LogP) is 2.54. The van der Waals surface area contributed by atoms with Crippen molar-refractivity contribution in [3.05, 3.63) is 16.1 Å². The molecule has 0 aromatic carbocycles. The second kappa shape index (κ2) is 6.68. The van der Waals surface area contributed by atoms with Gasteiger partial charge in [0.2, 0.25) is 0 Å². The first-order chi connectivity index (χ1) is 9.52. The Morgan fingerprint density at radius 2 is 2.35 bits per heavy atom.